The van der Waals surface area contributed by atoms with Crippen LogP contribution >= 0.6 is 0 Å². The van der Waals surface area contributed by atoms with Crippen molar-refractivity contribution in [1.29, 1.82) is 0 Å². The number of hydrogen-bond acceptors (Lipinski definition) is 4. The Morgan fingerprint density at radius 1 is 1.15 bits per heavy atom. The summed E-state index contributed by atoms with van der Waals surface area (Å²) in [6, 6.07) is 8.95. The van der Waals surface area contributed by atoms with Crippen molar-refractivity contribution in [3.63, 3.8) is 0 Å². The number of benzene rings is 1. The standard InChI is InChI=1S/C19H25N3O2.CH2O2/c1-2-3-7-11-21-12-8-13-22(15-14-21)18(23)16-20-19(24)17-9-5-4-6-10-17;2-1-3/h4-6,9-10H,2,8,11-16H2,1H3,(H,20,24);1H,(H,2,3). The van der Waals surface area contributed by atoms with Gasteiger partial charge in [0, 0.05) is 38.2 Å². The molecule has 7 nitrogen and oxygen atoms in total. The first kappa shape index (κ1) is 22.2. The van der Waals surface area contributed by atoms with Gasteiger partial charge in [0.15, 0.2) is 0 Å². The molecule has 0 aromatic heterocycles. The fraction of sp³-hybridized carbons (Fsp3) is 0.450. The summed E-state index contributed by atoms with van der Waals surface area (Å²) in [5, 5.41) is 9.59. The number of rotatable bonds is 4. The van der Waals surface area contributed by atoms with E-state index in [1.807, 2.05) is 30.0 Å². The lowest BCUT2D eigenvalue weighted by Gasteiger charge is -2.21. The molecule has 1 aliphatic rings. The summed E-state index contributed by atoms with van der Waals surface area (Å²) >= 11 is 0. The SMILES string of the molecule is CCC#CCN1CCCN(C(=O)CNC(=O)c2ccccc2)CC1.O=CO. The van der Waals surface area contributed by atoms with Crippen LogP contribution < -0.4 is 5.32 Å². The highest BCUT2D eigenvalue weighted by molar-refractivity contribution is 5.96. The molecule has 1 aromatic carbocycles. The van der Waals surface area contributed by atoms with Crippen molar-refractivity contribution in [2.45, 2.75) is 19.8 Å². The van der Waals surface area contributed by atoms with Crippen LogP contribution in [0.5, 0.6) is 0 Å². The van der Waals surface area contributed by atoms with E-state index >= 15 is 0 Å². The molecule has 0 aliphatic carbocycles. The highest BCUT2D eigenvalue weighted by atomic mass is 16.3. The molecule has 1 fully saturated rings. The van der Waals surface area contributed by atoms with Crippen LogP contribution in [0.1, 0.15) is 30.1 Å². The van der Waals surface area contributed by atoms with E-state index in [4.69, 9.17) is 9.90 Å². The Bertz CT molecular complexity index is 652. The minimum atomic E-state index is -0.250. The predicted molar refractivity (Wildman–Crippen MR) is 103 cm³/mol. The van der Waals surface area contributed by atoms with Gasteiger partial charge in [0.05, 0.1) is 13.1 Å². The molecule has 2 N–H and O–H groups in total. The van der Waals surface area contributed by atoms with Gasteiger partial charge in [-0.2, -0.15) is 0 Å². The summed E-state index contributed by atoms with van der Waals surface area (Å²) in [7, 11) is 0. The third-order valence-corrected chi connectivity index (χ3v) is 3.98. The smallest absolute Gasteiger partial charge is 0.290 e. The Morgan fingerprint density at radius 3 is 2.52 bits per heavy atom. The summed E-state index contributed by atoms with van der Waals surface area (Å²) in [4.78, 5) is 36.8. The molecule has 1 aromatic rings. The maximum atomic E-state index is 12.3. The Hall–Kier alpha value is -2.85. The van der Waals surface area contributed by atoms with Gasteiger partial charge in [-0.1, -0.05) is 31.0 Å². The average molecular weight is 373 g/mol. The minimum absolute atomic E-state index is 0.0271. The van der Waals surface area contributed by atoms with E-state index in [0.717, 1.165) is 39.0 Å². The maximum absolute atomic E-state index is 12.3. The van der Waals surface area contributed by atoms with Crippen molar-refractivity contribution < 1.29 is 19.5 Å². The van der Waals surface area contributed by atoms with Gasteiger partial charge in [0.1, 0.15) is 0 Å². The van der Waals surface area contributed by atoms with Gasteiger partial charge in [-0.3, -0.25) is 19.3 Å². The molecule has 0 atom stereocenters. The molecule has 0 radical (unpaired) electrons. The maximum Gasteiger partial charge on any atom is 0.290 e. The van der Waals surface area contributed by atoms with E-state index in [0.29, 0.717) is 12.1 Å². The van der Waals surface area contributed by atoms with Gasteiger partial charge < -0.3 is 15.3 Å². The second-order valence-electron chi connectivity index (χ2n) is 5.87. The van der Waals surface area contributed by atoms with Gasteiger partial charge in [-0.15, -0.1) is 5.92 Å². The van der Waals surface area contributed by atoms with E-state index in [9.17, 15) is 9.59 Å². The highest BCUT2D eigenvalue weighted by Gasteiger charge is 2.19. The Balaban J connectivity index is 0.00000114. The lowest BCUT2D eigenvalue weighted by Crippen LogP contribution is -2.42. The second-order valence-corrected chi connectivity index (χ2v) is 5.87. The van der Waals surface area contributed by atoms with Crippen LogP contribution in [0.25, 0.3) is 0 Å². The van der Waals surface area contributed by atoms with Crippen molar-refractivity contribution in [1.82, 2.24) is 15.1 Å². The fourth-order valence-electron chi connectivity index (χ4n) is 2.63. The van der Waals surface area contributed by atoms with Crippen LogP contribution in [-0.2, 0) is 9.59 Å². The van der Waals surface area contributed by atoms with Gasteiger partial charge in [-0.05, 0) is 18.6 Å². The summed E-state index contributed by atoms with van der Waals surface area (Å²) < 4.78 is 0. The zero-order valence-electron chi connectivity index (χ0n) is 15.7. The molecule has 0 spiro atoms. The quantitative estimate of drug-likeness (QED) is 0.609. The first-order chi connectivity index (χ1) is 13.1. The van der Waals surface area contributed by atoms with Crippen LogP contribution in [-0.4, -0.2) is 72.5 Å². The Labute approximate surface area is 160 Å². The number of nitrogens with one attached hydrogen (secondary N) is 1. The third kappa shape index (κ3) is 8.88. The fourth-order valence-corrected chi connectivity index (χ4v) is 2.63. The first-order valence-corrected chi connectivity index (χ1v) is 8.99. The van der Waals surface area contributed by atoms with Gasteiger partial charge >= 0.3 is 0 Å². The van der Waals surface area contributed by atoms with Gasteiger partial charge in [-0.25, -0.2) is 0 Å². The number of hydrogen-bond donors (Lipinski definition) is 2. The molecule has 1 heterocycles. The first-order valence-electron chi connectivity index (χ1n) is 8.99. The van der Waals surface area contributed by atoms with Crippen molar-refractivity contribution in [3.8, 4) is 11.8 Å². The lowest BCUT2D eigenvalue weighted by atomic mass is 10.2. The summed E-state index contributed by atoms with van der Waals surface area (Å²) in [5.74, 6) is 5.99. The summed E-state index contributed by atoms with van der Waals surface area (Å²) in [6.07, 6.45) is 1.81. The zero-order valence-corrected chi connectivity index (χ0v) is 15.7. The van der Waals surface area contributed by atoms with Crippen molar-refractivity contribution in [2.24, 2.45) is 0 Å². The predicted octanol–water partition coefficient (Wildman–Crippen LogP) is 1.06. The van der Waals surface area contributed by atoms with Crippen LogP contribution in [0, 0.1) is 11.8 Å². The molecule has 27 heavy (non-hydrogen) atoms. The number of carboxylic acid groups (broad SMARTS) is 1. The molecule has 0 saturated carbocycles. The molecular formula is C20H27N3O4. The van der Waals surface area contributed by atoms with E-state index in [-0.39, 0.29) is 24.8 Å². The largest absolute Gasteiger partial charge is 0.483 e. The molecule has 2 amide bonds. The normalized spacial score (nSPS) is 13.9. The Kier molecular flexibility index (Phi) is 11.0. The molecule has 0 bridgehead atoms. The summed E-state index contributed by atoms with van der Waals surface area (Å²) in [6.45, 7) is 5.81. The van der Waals surface area contributed by atoms with Gasteiger partial charge in [0.2, 0.25) is 5.91 Å². The molecule has 7 heteroatoms. The zero-order chi connectivity index (χ0) is 19.9. The van der Waals surface area contributed by atoms with Crippen molar-refractivity contribution in [3.05, 3.63) is 35.9 Å². The average Bonchev–Trinajstić information content (AvgIpc) is 2.93. The van der Waals surface area contributed by atoms with Crippen molar-refractivity contribution in [2.75, 3.05) is 39.3 Å². The molecule has 1 saturated heterocycles. The summed E-state index contributed by atoms with van der Waals surface area (Å²) in [5.41, 5.74) is 0.571. The number of carbonyl (C=O) groups excluding carboxylic acids is 2. The molecule has 2 rings (SSSR count). The Morgan fingerprint density at radius 2 is 1.85 bits per heavy atom. The molecule has 1 aliphatic heterocycles. The van der Waals surface area contributed by atoms with E-state index in [1.54, 1.807) is 12.1 Å². The van der Waals surface area contributed by atoms with Crippen LogP contribution in [0.2, 0.25) is 0 Å². The molecule has 0 unspecified atom stereocenters. The van der Waals surface area contributed by atoms with Crippen molar-refractivity contribution >= 4 is 18.3 Å². The van der Waals surface area contributed by atoms with Gasteiger partial charge in [0.25, 0.3) is 12.4 Å². The lowest BCUT2D eigenvalue weighted by molar-refractivity contribution is -0.130. The molecule has 146 valence electrons. The molecular weight excluding hydrogens is 346 g/mol. The van der Waals surface area contributed by atoms with E-state index in [2.05, 4.69) is 22.1 Å². The topological polar surface area (TPSA) is 90.0 Å². The number of amides is 2. The number of carbonyl (C=O) groups is 3. The van der Waals surface area contributed by atoms with Crippen LogP contribution in [0.15, 0.2) is 30.3 Å². The van der Waals surface area contributed by atoms with Crippen LogP contribution in [0.3, 0.4) is 0 Å². The minimum Gasteiger partial charge on any atom is -0.483 e. The van der Waals surface area contributed by atoms with E-state index < -0.39 is 0 Å². The van der Waals surface area contributed by atoms with E-state index in [1.165, 1.54) is 0 Å². The number of nitrogens with zero attached hydrogens (tertiary/aromatic N) is 2. The monoisotopic (exact) mass is 373 g/mol. The highest BCUT2D eigenvalue weighted by Crippen LogP contribution is 2.03. The van der Waals surface area contributed by atoms with Crippen LogP contribution in [0.4, 0.5) is 0 Å². The third-order valence-electron chi connectivity index (χ3n) is 3.98. The second kappa shape index (κ2) is 13.4.